The van der Waals surface area contributed by atoms with Crippen LogP contribution in [0.15, 0.2) is 39.5 Å². The monoisotopic (exact) mass is 347 g/mol. The van der Waals surface area contributed by atoms with E-state index in [-0.39, 0.29) is 6.10 Å². The minimum Gasteiger partial charge on any atom is -0.381 e. The molecular weight excluding hydrogens is 334 g/mol. The highest BCUT2D eigenvalue weighted by atomic mass is 79.9. The van der Waals surface area contributed by atoms with Crippen molar-refractivity contribution < 1.29 is 9.26 Å². The minimum atomic E-state index is 0.0351. The molecule has 0 saturated heterocycles. The first-order chi connectivity index (χ1) is 10.2. The van der Waals surface area contributed by atoms with Crippen molar-refractivity contribution in [2.24, 2.45) is 0 Å². The second kappa shape index (κ2) is 5.91. The maximum absolute atomic E-state index is 5.28. The van der Waals surface area contributed by atoms with E-state index in [0.29, 0.717) is 23.8 Å². The van der Waals surface area contributed by atoms with Gasteiger partial charge in [0.25, 0.3) is 0 Å². The van der Waals surface area contributed by atoms with Crippen molar-refractivity contribution in [3.8, 4) is 11.5 Å². The molecule has 1 unspecified atom stereocenters. The normalized spacial score (nSPS) is 12.7. The molecular formula is C15H14BrN3O2. The van der Waals surface area contributed by atoms with Crippen LogP contribution in [0.5, 0.6) is 0 Å². The average Bonchev–Trinajstić information content (AvgIpc) is 2.95. The summed E-state index contributed by atoms with van der Waals surface area (Å²) >= 11 is 3.54. The van der Waals surface area contributed by atoms with Crippen molar-refractivity contribution in [2.45, 2.75) is 19.4 Å². The van der Waals surface area contributed by atoms with Crippen LogP contribution in [0.3, 0.4) is 0 Å². The summed E-state index contributed by atoms with van der Waals surface area (Å²) in [5.41, 5.74) is 0.717. The van der Waals surface area contributed by atoms with E-state index >= 15 is 0 Å². The highest BCUT2D eigenvalue weighted by Crippen LogP contribution is 2.29. The topological polar surface area (TPSA) is 61.0 Å². The van der Waals surface area contributed by atoms with Crippen LogP contribution in [0, 0.1) is 0 Å². The fraction of sp³-hybridized carbons (Fsp3) is 0.267. The molecule has 0 aliphatic carbocycles. The predicted octanol–water partition coefficient (Wildman–Crippen LogP) is 3.62. The second-order valence-electron chi connectivity index (χ2n) is 4.76. The third kappa shape index (κ3) is 2.82. The smallest absolute Gasteiger partial charge is 0.229 e. The van der Waals surface area contributed by atoms with E-state index in [2.05, 4.69) is 31.1 Å². The first-order valence-corrected chi connectivity index (χ1v) is 7.37. The Morgan fingerprint density at radius 1 is 1.29 bits per heavy atom. The Hall–Kier alpha value is -1.79. The summed E-state index contributed by atoms with van der Waals surface area (Å²) in [5, 5.41) is 6.09. The van der Waals surface area contributed by atoms with Gasteiger partial charge in [0.2, 0.25) is 11.7 Å². The zero-order valence-corrected chi connectivity index (χ0v) is 13.3. The molecule has 1 aromatic carbocycles. The number of benzene rings is 1. The fourth-order valence-electron chi connectivity index (χ4n) is 2.11. The van der Waals surface area contributed by atoms with Crippen molar-refractivity contribution in [1.82, 2.24) is 15.1 Å². The van der Waals surface area contributed by atoms with E-state index in [1.54, 1.807) is 13.3 Å². The maximum Gasteiger partial charge on any atom is 0.229 e. The molecule has 0 amide bonds. The van der Waals surface area contributed by atoms with Crippen LogP contribution in [0.2, 0.25) is 0 Å². The number of rotatable bonds is 4. The van der Waals surface area contributed by atoms with Gasteiger partial charge < -0.3 is 9.26 Å². The molecule has 2 aromatic heterocycles. The molecule has 0 spiro atoms. The summed E-state index contributed by atoms with van der Waals surface area (Å²) < 4.78 is 11.5. The van der Waals surface area contributed by atoms with Gasteiger partial charge in [0.1, 0.15) is 5.69 Å². The van der Waals surface area contributed by atoms with Gasteiger partial charge in [-0.1, -0.05) is 33.2 Å². The Morgan fingerprint density at radius 2 is 2.14 bits per heavy atom. The summed E-state index contributed by atoms with van der Waals surface area (Å²) in [7, 11) is 1.66. The third-order valence-electron chi connectivity index (χ3n) is 3.30. The molecule has 3 aromatic rings. The van der Waals surface area contributed by atoms with Gasteiger partial charge >= 0.3 is 0 Å². The average molecular weight is 348 g/mol. The van der Waals surface area contributed by atoms with Crippen LogP contribution < -0.4 is 0 Å². The Kier molecular flexibility index (Phi) is 3.98. The zero-order chi connectivity index (χ0) is 14.8. The third-order valence-corrected chi connectivity index (χ3v) is 3.99. The summed E-state index contributed by atoms with van der Waals surface area (Å²) in [6.45, 7) is 1.96. The molecule has 2 heterocycles. The number of ether oxygens (including phenoxy) is 1. The van der Waals surface area contributed by atoms with Crippen LogP contribution in [-0.2, 0) is 11.2 Å². The zero-order valence-electron chi connectivity index (χ0n) is 11.7. The first-order valence-electron chi connectivity index (χ1n) is 6.58. The highest BCUT2D eigenvalue weighted by molar-refractivity contribution is 9.10. The van der Waals surface area contributed by atoms with Crippen LogP contribution in [0.1, 0.15) is 12.8 Å². The van der Waals surface area contributed by atoms with Crippen LogP contribution in [0.4, 0.5) is 0 Å². The van der Waals surface area contributed by atoms with Crippen molar-refractivity contribution in [2.75, 3.05) is 7.11 Å². The molecule has 0 aliphatic rings. The van der Waals surface area contributed by atoms with Gasteiger partial charge in [0.15, 0.2) is 0 Å². The summed E-state index contributed by atoms with van der Waals surface area (Å²) in [5.74, 6) is 1.05. The Balaban J connectivity index is 2.03. The standard InChI is InChI=1S/C15H14BrN3O2/c1-9(20-2)8-13-18-15(19-21-13)14-11-4-3-5-12(16)10(11)6-7-17-14/h3-7,9H,8H2,1-2H3. The summed E-state index contributed by atoms with van der Waals surface area (Å²) in [6, 6.07) is 7.91. The molecule has 6 heteroatoms. The quantitative estimate of drug-likeness (QED) is 0.721. The van der Waals surface area contributed by atoms with Gasteiger partial charge in [0, 0.05) is 23.2 Å². The van der Waals surface area contributed by atoms with Crippen LogP contribution in [-0.4, -0.2) is 28.3 Å². The van der Waals surface area contributed by atoms with Gasteiger partial charge in [-0.2, -0.15) is 4.98 Å². The lowest BCUT2D eigenvalue weighted by atomic mass is 10.1. The minimum absolute atomic E-state index is 0.0351. The highest BCUT2D eigenvalue weighted by Gasteiger charge is 2.15. The lowest BCUT2D eigenvalue weighted by Gasteiger charge is -2.04. The predicted molar refractivity (Wildman–Crippen MR) is 82.9 cm³/mol. The number of hydrogen-bond donors (Lipinski definition) is 0. The van der Waals surface area contributed by atoms with Gasteiger partial charge in [-0.15, -0.1) is 0 Å². The van der Waals surface area contributed by atoms with E-state index in [9.17, 15) is 0 Å². The molecule has 0 radical (unpaired) electrons. The van der Waals surface area contributed by atoms with Crippen molar-refractivity contribution >= 4 is 26.7 Å². The summed E-state index contributed by atoms with van der Waals surface area (Å²) in [6.07, 6.45) is 2.36. The van der Waals surface area contributed by atoms with Crippen LogP contribution >= 0.6 is 15.9 Å². The molecule has 0 aliphatic heterocycles. The molecule has 0 bridgehead atoms. The van der Waals surface area contributed by atoms with Crippen molar-refractivity contribution in [3.63, 3.8) is 0 Å². The van der Waals surface area contributed by atoms with E-state index < -0.39 is 0 Å². The lowest BCUT2D eigenvalue weighted by Crippen LogP contribution is -2.08. The van der Waals surface area contributed by atoms with E-state index in [0.717, 1.165) is 15.2 Å². The van der Waals surface area contributed by atoms with E-state index in [1.807, 2.05) is 31.2 Å². The lowest BCUT2D eigenvalue weighted by molar-refractivity contribution is 0.111. The molecule has 0 N–H and O–H groups in total. The van der Waals surface area contributed by atoms with E-state index in [4.69, 9.17) is 9.26 Å². The number of methoxy groups -OCH3 is 1. The molecule has 1 atom stereocenters. The first kappa shape index (κ1) is 14.2. The number of pyridine rings is 1. The molecule has 108 valence electrons. The maximum atomic E-state index is 5.28. The van der Waals surface area contributed by atoms with Gasteiger partial charge in [-0.05, 0) is 24.4 Å². The van der Waals surface area contributed by atoms with Crippen molar-refractivity contribution in [3.05, 3.63) is 40.8 Å². The Labute approximate surface area is 130 Å². The Morgan fingerprint density at radius 3 is 2.95 bits per heavy atom. The molecule has 0 saturated carbocycles. The Bertz CT molecular complexity index is 772. The van der Waals surface area contributed by atoms with Crippen LogP contribution in [0.25, 0.3) is 22.3 Å². The molecule has 0 fully saturated rings. The number of fused-ring (bicyclic) bond motifs is 1. The fourth-order valence-corrected chi connectivity index (χ4v) is 2.61. The SMILES string of the molecule is COC(C)Cc1nc(-c2nccc3c(Br)cccc23)no1. The number of aromatic nitrogens is 3. The van der Waals surface area contributed by atoms with Gasteiger partial charge in [0.05, 0.1) is 12.5 Å². The molecule has 5 nitrogen and oxygen atoms in total. The van der Waals surface area contributed by atoms with E-state index in [1.165, 1.54) is 0 Å². The number of hydrogen-bond acceptors (Lipinski definition) is 5. The second-order valence-corrected chi connectivity index (χ2v) is 5.61. The van der Waals surface area contributed by atoms with Gasteiger partial charge in [-0.25, -0.2) is 0 Å². The molecule has 21 heavy (non-hydrogen) atoms. The number of halogens is 1. The van der Waals surface area contributed by atoms with Gasteiger partial charge in [-0.3, -0.25) is 4.98 Å². The summed E-state index contributed by atoms with van der Waals surface area (Å²) in [4.78, 5) is 8.81. The molecule has 3 rings (SSSR count). The van der Waals surface area contributed by atoms with Crippen molar-refractivity contribution in [1.29, 1.82) is 0 Å². The largest absolute Gasteiger partial charge is 0.381 e. The number of nitrogens with zero attached hydrogens (tertiary/aromatic N) is 3.